The normalized spacial score (nSPS) is 12.8. The van der Waals surface area contributed by atoms with Gasteiger partial charge in [-0.15, -0.1) is 0 Å². The van der Waals surface area contributed by atoms with Crippen LogP contribution in [-0.2, 0) is 40.9 Å². The monoisotopic (exact) mass is 479 g/mol. The van der Waals surface area contributed by atoms with Gasteiger partial charge in [0.05, 0.1) is 26.2 Å². The Hall–Kier alpha value is -2.55. The van der Waals surface area contributed by atoms with Crippen LogP contribution >= 0.6 is 7.82 Å². The first-order valence-corrected chi connectivity index (χ1v) is 11.9. The van der Waals surface area contributed by atoms with E-state index in [2.05, 4.69) is 5.32 Å². The summed E-state index contributed by atoms with van der Waals surface area (Å²) in [5.74, 6) is -1.82. The molecular formula is C23H30NO8P. The Kier molecular flexibility index (Phi) is 10.2. The van der Waals surface area contributed by atoms with Crippen molar-refractivity contribution in [1.29, 1.82) is 0 Å². The van der Waals surface area contributed by atoms with Gasteiger partial charge in [-0.1, -0.05) is 74.5 Å². The number of aliphatic hydroxyl groups excluding tert-OH is 1. The van der Waals surface area contributed by atoms with E-state index in [1.165, 1.54) is 0 Å². The van der Waals surface area contributed by atoms with E-state index < -0.39 is 31.2 Å². The van der Waals surface area contributed by atoms with Gasteiger partial charge in [0, 0.05) is 12.0 Å². The molecule has 0 aliphatic heterocycles. The molecule has 0 fully saturated rings. The smallest absolute Gasteiger partial charge is 0.475 e. The molecule has 0 bridgehead atoms. The van der Waals surface area contributed by atoms with Gasteiger partial charge in [-0.05, 0) is 11.1 Å². The average molecular weight is 479 g/mol. The fourth-order valence-corrected chi connectivity index (χ4v) is 3.96. The predicted molar refractivity (Wildman–Crippen MR) is 121 cm³/mol. The van der Waals surface area contributed by atoms with Gasteiger partial charge in [0.1, 0.15) is 6.10 Å². The topological polar surface area (TPSA) is 131 Å². The molecule has 0 unspecified atom stereocenters. The molecule has 2 aromatic carbocycles. The number of rotatable bonds is 14. The summed E-state index contributed by atoms with van der Waals surface area (Å²) in [5, 5.41) is 21.4. The van der Waals surface area contributed by atoms with E-state index in [-0.39, 0.29) is 32.8 Å². The highest BCUT2D eigenvalue weighted by Crippen LogP contribution is 2.52. The van der Waals surface area contributed by atoms with E-state index in [4.69, 9.17) is 18.7 Å². The Morgan fingerprint density at radius 3 is 1.88 bits per heavy atom. The lowest BCUT2D eigenvalue weighted by Gasteiger charge is -2.30. The van der Waals surface area contributed by atoms with Gasteiger partial charge in [-0.3, -0.25) is 23.2 Å². The summed E-state index contributed by atoms with van der Waals surface area (Å²) in [5.41, 5.74) is 0.360. The third-order valence-corrected chi connectivity index (χ3v) is 6.02. The first-order valence-electron chi connectivity index (χ1n) is 10.4. The number of aliphatic carboxylic acids is 1. The van der Waals surface area contributed by atoms with E-state index in [0.717, 1.165) is 11.1 Å². The quantitative estimate of drug-likeness (QED) is 0.351. The zero-order chi connectivity index (χ0) is 24.3. The van der Waals surface area contributed by atoms with E-state index in [1.807, 2.05) is 36.4 Å². The lowest BCUT2D eigenvalue weighted by molar-refractivity contribution is -0.138. The Bertz CT molecular complexity index is 888. The van der Waals surface area contributed by atoms with Gasteiger partial charge >= 0.3 is 13.8 Å². The van der Waals surface area contributed by atoms with Crippen molar-refractivity contribution >= 4 is 19.7 Å². The molecule has 33 heavy (non-hydrogen) atoms. The maximum atomic E-state index is 13.3. The maximum Gasteiger partial charge on any atom is 0.475 e. The molecule has 9 nitrogen and oxygen atoms in total. The van der Waals surface area contributed by atoms with Crippen LogP contribution < -0.4 is 5.32 Å². The number of phosphoric ester groups is 1. The zero-order valence-electron chi connectivity index (χ0n) is 18.7. The van der Waals surface area contributed by atoms with Crippen molar-refractivity contribution in [1.82, 2.24) is 5.32 Å². The Morgan fingerprint density at radius 2 is 1.42 bits per heavy atom. The summed E-state index contributed by atoms with van der Waals surface area (Å²) >= 11 is 0. The zero-order valence-corrected chi connectivity index (χ0v) is 19.6. The van der Waals surface area contributed by atoms with Crippen molar-refractivity contribution in [3.63, 3.8) is 0 Å². The number of benzene rings is 2. The minimum absolute atomic E-state index is 0.0223. The Balaban J connectivity index is 2.02. The number of carboxylic acid groups (broad SMARTS) is 1. The molecule has 1 amide bonds. The number of phosphoric acid groups is 1. The molecule has 0 saturated heterocycles. The van der Waals surface area contributed by atoms with Crippen LogP contribution in [-0.4, -0.2) is 41.3 Å². The van der Waals surface area contributed by atoms with Crippen LogP contribution in [0.4, 0.5) is 0 Å². The molecule has 0 saturated carbocycles. The van der Waals surface area contributed by atoms with Gasteiger partial charge in [0.15, 0.2) is 0 Å². The molecule has 0 radical (unpaired) electrons. The summed E-state index contributed by atoms with van der Waals surface area (Å²) in [6.45, 7) is 2.61. The second-order valence-corrected chi connectivity index (χ2v) is 9.73. The number of hydrogen-bond acceptors (Lipinski definition) is 7. The van der Waals surface area contributed by atoms with Crippen LogP contribution in [0.3, 0.4) is 0 Å². The van der Waals surface area contributed by atoms with Crippen LogP contribution in [0.2, 0.25) is 0 Å². The average Bonchev–Trinajstić information content (AvgIpc) is 2.81. The van der Waals surface area contributed by atoms with E-state index >= 15 is 0 Å². The number of amides is 1. The molecule has 10 heteroatoms. The van der Waals surface area contributed by atoms with Crippen LogP contribution in [0.15, 0.2) is 60.7 Å². The standard InChI is InChI=1S/C23H30NO8P/c1-23(2,21(27)22(28)24-14-13-20(25)26)17-32-33(29,30-15-18-9-5-3-6-10-18)31-16-19-11-7-4-8-12-19/h3-12,21,27H,13-17H2,1-2H3,(H,24,28)(H,25,26)/t21-/m0/s1. The second-order valence-electron chi connectivity index (χ2n) is 8.06. The molecule has 0 aromatic heterocycles. The highest BCUT2D eigenvalue weighted by atomic mass is 31.2. The Labute approximate surface area is 193 Å². The van der Waals surface area contributed by atoms with Crippen molar-refractivity contribution in [2.45, 2.75) is 39.6 Å². The SMILES string of the molecule is CC(C)(COP(=O)(OCc1ccccc1)OCc1ccccc1)[C@@H](O)C(=O)NCCC(=O)O. The number of aliphatic hydroxyl groups is 1. The van der Waals surface area contributed by atoms with Gasteiger partial charge in [0.2, 0.25) is 5.91 Å². The molecule has 0 aliphatic carbocycles. The van der Waals surface area contributed by atoms with Crippen molar-refractivity contribution in [2.75, 3.05) is 13.2 Å². The molecule has 2 aromatic rings. The van der Waals surface area contributed by atoms with Gasteiger partial charge in [0.25, 0.3) is 0 Å². The lowest BCUT2D eigenvalue weighted by atomic mass is 9.87. The summed E-state index contributed by atoms with van der Waals surface area (Å²) in [6.07, 6.45) is -1.81. The Morgan fingerprint density at radius 1 is 0.939 bits per heavy atom. The molecule has 180 valence electrons. The van der Waals surface area contributed by atoms with Crippen LogP contribution in [0.5, 0.6) is 0 Å². The molecule has 1 atom stereocenters. The van der Waals surface area contributed by atoms with E-state index in [0.29, 0.717) is 0 Å². The number of nitrogens with one attached hydrogen (secondary N) is 1. The summed E-state index contributed by atoms with van der Waals surface area (Å²) in [4.78, 5) is 22.8. The van der Waals surface area contributed by atoms with Crippen molar-refractivity contribution in [3.8, 4) is 0 Å². The molecule has 0 spiro atoms. The second kappa shape index (κ2) is 12.6. The fourth-order valence-electron chi connectivity index (χ4n) is 2.64. The summed E-state index contributed by atoms with van der Waals surface area (Å²) < 4.78 is 29.9. The molecule has 3 N–H and O–H groups in total. The molecular weight excluding hydrogens is 449 g/mol. The number of carbonyl (C=O) groups excluding carboxylic acids is 1. The van der Waals surface area contributed by atoms with E-state index in [1.54, 1.807) is 38.1 Å². The van der Waals surface area contributed by atoms with Crippen LogP contribution in [0.1, 0.15) is 31.4 Å². The van der Waals surface area contributed by atoms with Crippen LogP contribution in [0, 0.1) is 5.41 Å². The van der Waals surface area contributed by atoms with Gasteiger partial charge in [-0.2, -0.15) is 0 Å². The van der Waals surface area contributed by atoms with Crippen molar-refractivity contribution in [2.24, 2.45) is 5.41 Å². The van der Waals surface area contributed by atoms with Gasteiger partial charge in [-0.25, -0.2) is 4.57 Å². The summed E-state index contributed by atoms with van der Waals surface area (Å²) in [6, 6.07) is 18.2. The van der Waals surface area contributed by atoms with Crippen LogP contribution in [0.25, 0.3) is 0 Å². The summed E-state index contributed by atoms with van der Waals surface area (Å²) in [7, 11) is -4.07. The minimum Gasteiger partial charge on any atom is -0.481 e. The molecule has 2 rings (SSSR count). The lowest BCUT2D eigenvalue weighted by Crippen LogP contribution is -2.46. The first-order chi connectivity index (χ1) is 15.6. The largest absolute Gasteiger partial charge is 0.481 e. The first kappa shape index (κ1) is 26.7. The minimum atomic E-state index is -4.07. The third-order valence-electron chi connectivity index (χ3n) is 4.69. The van der Waals surface area contributed by atoms with Crippen molar-refractivity contribution in [3.05, 3.63) is 71.8 Å². The maximum absolute atomic E-state index is 13.3. The highest BCUT2D eigenvalue weighted by molar-refractivity contribution is 7.48. The fraction of sp³-hybridized carbons (Fsp3) is 0.391. The number of carbonyl (C=O) groups is 2. The van der Waals surface area contributed by atoms with E-state index in [9.17, 15) is 19.3 Å². The van der Waals surface area contributed by atoms with Crippen molar-refractivity contribution < 1.29 is 37.9 Å². The third kappa shape index (κ3) is 9.45. The predicted octanol–water partition coefficient (Wildman–Crippen LogP) is 3.52. The number of hydrogen-bond donors (Lipinski definition) is 3. The van der Waals surface area contributed by atoms with Gasteiger partial charge < -0.3 is 15.5 Å². The number of carboxylic acids is 1. The molecule has 0 aliphatic rings. The molecule has 0 heterocycles. The highest BCUT2D eigenvalue weighted by Gasteiger charge is 2.38.